The van der Waals surface area contributed by atoms with E-state index in [1.165, 1.54) is 0 Å². The van der Waals surface area contributed by atoms with Crippen LogP contribution >= 0.6 is 23.2 Å². The third-order valence-corrected chi connectivity index (χ3v) is 3.79. The molecular weight excluding hydrogens is 309 g/mol. The van der Waals surface area contributed by atoms with E-state index >= 15 is 0 Å². The quantitative estimate of drug-likeness (QED) is 0.885. The summed E-state index contributed by atoms with van der Waals surface area (Å²) >= 11 is 12.0. The van der Waals surface area contributed by atoms with Crippen LogP contribution in [0.1, 0.15) is 12.5 Å². The molecule has 0 saturated carbocycles. The molecule has 0 heterocycles. The highest BCUT2D eigenvalue weighted by molar-refractivity contribution is 6.42. The minimum Gasteiger partial charge on any atom is -0.479 e. The Morgan fingerprint density at radius 1 is 1.14 bits per heavy atom. The Morgan fingerprint density at radius 3 is 2.57 bits per heavy atom. The van der Waals surface area contributed by atoms with E-state index in [0.717, 1.165) is 11.3 Å². The summed E-state index contributed by atoms with van der Waals surface area (Å²) in [4.78, 5) is 12.2. The Balaban J connectivity index is 2.06. The highest BCUT2D eigenvalue weighted by atomic mass is 35.5. The molecule has 1 amide bonds. The maximum absolute atomic E-state index is 12.2. The fourth-order valence-electron chi connectivity index (χ4n) is 1.77. The summed E-state index contributed by atoms with van der Waals surface area (Å²) in [6.07, 6.45) is -0.694. The van der Waals surface area contributed by atoms with Crippen LogP contribution in [-0.4, -0.2) is 12.0 Å². The summed E-state index contributed by atoms with van der Waals surface area (Å²) in [6, 6.07) is 12.6. The molecule has 0 aliphatic rings. The number of aryl methyl sites for hydroxylation is 1. The van der Waals surface area contributed by atoms with Crippen LogP contribution in [0.2, 0.25) is 10.0 Å². The second-order valence-corrected chi connectivity index (χ2v) is 5.40. The number of ether oxygens (including phenoxy) is 1. The molecule has 0 bridgehead atoms. The van der Waals surface area contributed by atoms with Gasteiger partial charge in [0, 0.05) is 5.69 Å². The lowest BCUT2D eigenvalue weighted by Gasteiger charge is -2.16. The first-order valence-corrected chi connectivity index (χ1v) is 7.22. The molecule has 5 heteroatoms. The normalized spacial score (nSPS) is 11.8. The molecule has 1 unspecified atom stereocenters. The number of carbonyl (C=O) groups is 1. The third kappa shape index (κ3) is 3.90. The van der Waals surface area contributed by atoms with Gasteiger partial charge in [-0.1, -0.05) is 47.5 Å². The van der Waals surface area contributed by atoms with Crippen LogP contribution in [0, 0.1) is 6.92 Å². The number of hydrogen-bond donors (Lipinski definition) is 1. The zero-order chi connectivity index (χ0) is 15.4. The van der Waals surface area contributed by atoms with Crippen LogP contribution in [-0.2, 0) is 4.79 Å². The molecule has 3 nitrogen and oxygen atoms in total. The van der Waals surface area contributed by atoms with Crippen molar-refractivity contribution in [3.63, 3.8) is 0 Å². The van der Waals surface area contributed by atoms with Gasteiger partial charge in [0.15, 0.2) is 6.10 Å². The average molecular weight is 324 g/mol. The van der Waals surface area contributed by atoms with E-state index < -0.39 is 6.10 Å². The zero-order valence-corrected chi connectivity index (χ0v) is 13.2. The molecule has 2 aromatic rings. The molecule has 0 fully saturated rings. The molecule has 0 aliphatic heterocycles. The third-order valence-electron chi connectivity index (χ3n) is 2.99. The van der Waals surface area contributed by atoms with Gasteiger partial charge in [0.2, 0.25) is 0 Å². The van der Waals surface area contributed by atoms with Gasteiger partial charge in [-0.3, -0.25) is 4.79 Å². The Kier molecular flexibility index (Phi) is 5.10. The fraction of sp³-hybridized carbons (Fsp3) is 0.188. The highest BCUT2D eigenvalue weighted by Gasteiger charge is 2.17. The minimum atomic E-state index is -0.694. The summed E-state index contributed by atoms with van der Waals surface area (Å²) in [5.74, 6) is 0.136. The maximum atomic E-state index is 12.2. The molecule has 0 radical (unpaired) electrons. The summed E-state index contributed by atoms with van der Waals surface area (Å²) in [5.41, 5.74) is 1.74. The lowest BCUT2D eigenvalue weighted by atomic mass is 10.2. The van der Waals surface area contributed by atoms with E-state index in [1.54, 1.807) is 25.1 Å². The van der Waals surface area contributed by atoms with Crippen molar-refractivity contribution >= 4 is 34.8 Å². The van der Waals surface area contributed by atoms with Gasteiger partial charge in [-0.25, -0.2) is 0 Å². The van der Waals surface area contributed by atoms with E-state index in [1.807, 2.05) is 31.2 Å². The SMILES string of the molecule is Cc1ccccc1NC(=O)C(C)Oc1cccc(Cl)c1Cl. The van der Waals surface area contributed by atoms with Crippen molar-refractivity contribution in [2.24, 2.45) is 0 Å². The predicted octanol–water partition coefficient (Wildman–Crippen LogP) is 4.71. The van der Waals surface area contributed by atoms with Crippen molar-refractivity contribution in [1.29, 1.82) is 0 Å². The Hall–Kier alpha value is -1.71. The molecule has 1 N–H and O–H groups in total. The number of halogens is 2. The zero-order valence-electron chi connectivity index (χ0n) is 11.7. The summed E-state index contributed by atoms with van der Waals surface area (Å²) in [7, 11) is 0. The molecule has 0 aliphatic carbocycles. The highest BCUT2D eigenvalue weighted by Crippen LogP contribution is 2.32. The van der Waals surface area contributed by atoms with Gasteiger partial charge in [-0.15, -0.1) is 0 Å². The molecule has 2 aromatic carbocycles. The molecule has 21 heavy (non-hydrogen) atoms. The Morgan fingerprint density at radius 2 is 1.86 bits per heavy atom. The molecule has 0 spiro atoms. The largest absolute Gasteiger partial charge is 0.479 e. The smallest absolute Gasteiger partial charge is 0.265 e. The Bertz CT molecular complexity index is 658. The second kappa shape index (κ2) is 6.83. The standard InChI is InChI=1S/C16H15Cl2NO2/c1-10-6-3-4-8-13(10)19-16(20)11(2)21-14-9-5-7-12(17)15(14)18/h3-9,11H,1-2H3,(H,19,20). The number of rotatable bonds is 4. The van der Waals surface area contributed by atoms with Gasteiger partial charge in [0.1, 0.15) is 10.8 Å². The predicted molar refractivity (Wildman–Crippen MR) is 86.4 cm³/mol. The van der Waals surface area contributed by atoms with Crippen molar-refractivity contribution in [2.45, 2.75) is 20.0 Å². The summed E-state index contributed by atoms with van der Waals surface area (Å²) in [6.45, 7) is 3.58. The van der Waals surface area contributed by atoms with Crippen LogP contribution in [0.25, 0.3) is 0 Å². The minimum absolute atomic E-state index is 0.250. The number of anilines is 1. The number of amides is 1. The lowest BCUT2D eigenvalue weighted by Crippen LogP contribution is -2.30. The molecular formula is C16H15Cl2NO2. The van der Waals surface area contributed by atoms with E-state index in [0.29, 0.717) is 15.8 Å². The Labute approximate surface area is 133 Å². The topological polar surface area (TPSA) is 38.3 Å². The molecule has 110 valence electrons. The van der Waals surface area contributed by atoms with E-state index in [9.17, 15) is 4.79 Å². The number of benzene rings is 2. The van der Waals surface area contributed by atoms with Crippen molar-refractivity contribution < 1.29 is 9.53 Å². The first-order chi connectivity index (χ1) is 9.99. The van der Waals surface area contributed by atoms with Crippen molar-refractivity contribution in [1.82, 2.24) is 0 Å². The lowest BCUT2D eigenvalue weighted by molar-refractivity contribution is -0.122. The van der Waals surface area contributed by atoms with Gasteiger partial charge in [-0.05, 0) is 37.6 Å². The van der Waals surface area contributed by atoms with Crippen LogP contribution in [0.3, 0.4) is 0 Å². The molecule has 0 saturated heterocycles. The first kappa shape index (κ1) is 15.7. The van der Waals surface area contributed by atoms with Gasteiger partial charge in [-0.2, -0.15) is 0 Å². The summed E-state index contributed by atoms with van der Waals surface area (Å²) < 4.78 is 5.57. The second-order valence-electron chi connectivity index (χ2n) is 4.62. The summed E-state index contributed by atoms with van der Waals surface area (Å²) in [5, 5.41) is 3.51. The van der Waals surface area contributed by atoms with Gasteiger partial charge < -0.3 is 10.1 Å². The van der Waals surface area contributed by atoms with Crippen LogP contribution in [0.4, 0.5) is 5.69 Å². The van der Waals surface area contributed by atoms with Crippen molar-refractivity contribution in [2.75, 3.05) is 5.32 Å². The van der Waals surface area contributed by atoms with Gasteiger partial charge in [0.25, 0.3) is 5.91 Å². The average Bonchev–Trinajstić information content (AvgIpc) is 2.46. The maximum Gasteiger partial charge on any atom is 0.265 e. The molecule has 2 rings (SSSR count). The first-order valence-electron chi connectivity index (χ1n) is 6.46. The van der Waals surface area contributed by atoms with Crippen LogP contribution < -0.4 is 10.1 Å². The van der Waals surface area contributed by atoms with Gasteiger partial charge in [0.05, 0.1) is 5.02 Å². The van der Waals surface area contributed by atoms with E-state index in [2.05, 4.69) is 5.32 Å². The number of para-hydroxylation sites is 1. The van der Waals surface area contributed by atoms with E-state index in [4.69, 9.17) is 27.9 Å². The molecule has 0 aromatic heterocycles. The van der Waals surface area contributed by atoms with Crippen molar-refractivity contribution in [3.05, 3.63) is 58.1 Å². The number of carbonyl (C=O) groups excluding carboxylic acids is 1. The van der Waals surface area contributed by atoms with Crippen LogP contribution in [0.5, 0.6) is 5.75 Å². The fourth-order valence-corrected chi connectivity index (χ4v) is 2.10. The van der Waals surface area contributed by atoms with Crippen LogP contribution in [0.15, 0.2) is 42.5 Å². The van der Waals surface area contributed by atoms with Crippen molar-refractivity contribution in [3.8, 4) is 5.75 Å². The van der Waals surface area contributed by atoms with E-state index in [-0.39, 0.29) is 5.91 Å². The number of nitrogens with one attached hydrogen (secondary N) is 1. The molecule has 1 atom stereocenters. The van der Waals surface area contributed by atoms with Gasteiger partial charge >= 0.3 is 0 Å². The monoisotopic (exact) mass is 323 g/mol. The number of hydrogen-bond acceptors (Lipinski definition) is 2.